The topological polar surface area (TPSA) is 38.8 Å². The van der Waals surface area contributed by atoms with Crippen LogP contribution in [0.15, 0.2) is 24.3 Å². The lowest BCUT2D eigenvalue weighted by Crippen LogP contribution is -2.47. The maximum absolute atomic E-state index is 12.9. The highest BCUT2D eigenvalue weighted by molar-refractivity contribution is 5.75. The van der Waals surface area contributed by atoms with Crippen LogP contribution in [0.3, 0.4) is 0 Å². The summed E-state index contributed by atoms with van der Waals surface area (Å²) >= 11 is 0. The second-order valence-electron chi connectivity index (χ2n) is 4.61. The molecule has 1 heterocycles. The number of carbonyl (C=O) groups excluding carboxylic acids is 1. The van der Waals surface area contributed by atoms with Crippen molar-refractivity contribution >= 4 is 5.97 Å². The lowest BCUT2D eigenvalue weighted by atomic mass is 10.1. The van der Waals surface area contributed by atoms with Gasteiger partial charge in [0.1, 0.15) is 11.9 Å². The first kappa shape index (κ1) is 14.0. The number of methoxy groups -OCH3 is 1. The van der Waals surface area contributed by atoms with E-state index in [1.165, 1.54) is 19.2 Å². The fraction of sp³-hybridized carbons (Fsp3) is 0.500. The van der Waals surface area contributed by atoms with Gasteiger partial charge in [0.15, 0.2) is 0 Å². The zero-order valence-corrected chi connectivity index (χ0v) is 11.1. The van der Waals surface area contributed by atoms with E-state index in [1.807, 2.05) is 11.8 Å². The van der Waals surface area contributed by atoms with Gasteiger partial charge in [0.25, 0.3) is 0 Å². The van der Waals surface area contributed by atoms with Gasteiger partial charge < -0.3 is 9.47 Å². The van der Waals surface area contributed by atoms with Crippen molar-refractivity contribution in [3.05, 3.63) is 35.6 Å². The molecule has 0 bridgehead atoms. The van der Waals surface area contributed by atoms with Crippen LogP contribution in [-0.4, -0.2) is 43.7 Å². The van der Waals surface area contributed by atoms with E-state index in [4.69, 9.17) is 9.47 Å². The molecule has 1 saturated heterocycles. The van der Waals surface area contributed by atoms with Gasteiger partial charge in [0.2, 0.25) is 0 Å². The molecular weight excluding hydrogens is 249 g/mol. The fourth-order valence-electron chi connectivity index (χ4n) is 2.22. The Labute approximate surface area is 112 Å². The van der Waals surface area contributed by atoms with Crippen LogP contribution >= 0.6 is 0 Å². The summed E-state index contributed by atoms with van der Waals surface area (Å²) in [7, 11) is 1.39. The smallest absolute Gasteiger partial charge is 0.322 e. The van der Waals surface area contributed by atoms with Crippen molar-refractivity contribution in [3.8, 4) is 0 Å². The minimum Gasteiger partial charge on any atom is -0.468 e. The Morgan fingerprint density at radius 2 is 2.16 bits per heavy atom. The Kier molecular flexibility index (Phi) is 4.50. The molecule has 0 amide bonds. The highest BCUT2D eigenvalue weighted by Gasteiger charge is 2.29. The predicted octanol–water partition coefficient (Wildman–Crippen LogP) is 1.76. The average Bonchev–Trinajstić information content (AvgIpc) is 2.46. The fourth-order valence-corrected chi connectivity index (χ4v) is 2.22. The van der Waals surface area contributed by atoms with Gasteiger partial charge in [-0.05, 0) is 24.6 Å². The molecule has 0 N–H and O–H groups in total. The van der Waals surface area contributed by atoms with Crippen molar-refractivity contribution < 1.29 is 18.7 Å². The van der Waals surface area contributed by atoms with Crippen molar-refractivity contribution in [1.82, 2.24) is 4.90 Å². The third-order valence-corrected chi connectivity index (χ3v) is 3.43. The summed E-state index contributed by atoms with van der Waals surface area (Å²) in [5, 5.41) is 0. The van der Waals surface area contributed by atoms with Crippen LogP contribution in [0.4, 0.5) is 4.39 Å². The van der Waals surface area contributed by atoms with Gasteiger partial charge >= 0.3 is 5.97 Å². The molecule has 0 unspecified atom stereocenters. The molecule has 0 aliphatic carbocycles. The van der Waals surface area contributed by atoms with Crippen LogP contribution in [0.2, 0.25) is 0 Å². The van der Waals surface area contributed by atoms with Crippen LogP contribution in [0, 0.1) is 5.82 Å². The van der Waals surface area contributed by atoms with E-state index >= 15 is 0 Å². The number of esters is 1. The number of carbonyl (C=O) groups is 1. The van der Waals surface area contributed by atoms with E-state index in [2.05, 4.69) is 0 Å². The zero-order chi connectivity index (χ0) is 13.8. The highest BCUT2D eigenvalue weighted by atomic mass is 19.1. The molecule has 0 aromatic heterocycles. The maximum atomic E-state index is 12.9. The molecule has 1 aliphatic heterocycles. The number of rotatable bonds is 3. The molecule has 0 saturated carbocycles. The minimum atomic E-state index is -0.295. The molecule has 1 aliphatic rings. The molecule has 19 heavy (non-hydrogen) atoms. The third-order valence-electron chi connectivity index (χ3n) is 3.43. The second-order valence-corrected chi connectivity index (χ2v) is 4.61. The molecule has 1 aromatic carbocycles. The summed E-state index contributed by atoms with van der Waals surface area (Å²) in [6.45, 7) is 3.65. The number of hydrogen-bond acceptors (Lipinski definition) is 4. The number of morpholine rings is 1. The van der Waals surface area contributed by atoms with E-state index < -0.39 is 0 Å². The van der Waals surface area contributed by atoms with Gasteiger partial charge in [0.05, 0.1) is 19.8 Å². The van der Waals surface area contributed by atoms with Crippen LogP contribution in [0.1, 0.15) is 18.6 Å². The average molecular weight is 267 g/mol. The van der Waals surface area contributed by atoms with E-state index in [0.29, 0.717) is 19.7 Å². The van der Waals surface area contributed by atoms with Crippen molar-refractivity contribution in [1.29, 1.82) is 0 Å². The molecule has 104 valence electrons. The molecule has 1 aromatic rings. The highest BCUT2D eigenvalue weighted by Crippen LogP contribution is 2.23. The van der Waals surface area contributed by atoms with Crippen LogP contribution < -0.4 is 0 Å². The molecule has 1 fully saturated rings. The predicted molar refractivity (Wildman–Crippen MR) is 68.1 cm³/mol. The summed E-state index contributed by atoms with van der Waals surface area (Å²) in [5.41, 5.74) is 0.920. The SMILES string of the molecule is COC(=O)[C@@H](C)N1CCO[C@H](c2ccc(F)cc2)C1. The Bertz CT molecular complexity index is 435. The molecule has 0 spiro atoms. The largest absolute Gasteiger partial charge is 0.468 e. The normalized spacial score (nSPS) is 21.9. The Hall–Kier alpha value is -1.46. The van der Waals surface area contributed by atoms with Crippen molar-refractivity contribution in [2.75, 3.05) is 26.8 Å². The lowest BCUT2D eigenvalue weighted by Gasteiger charge is -2.35. The summed E-state index contributed by atoms with van der Waals surface area (Å²) in [6, 6.07) is 5.97. The molecule has 2 rings (SSSR count). The first-order valence-electron chi connectivity index (χ1n) is 6.30. The summed E-state index contributed by atoms with van der Waals surface area (Å²) in [6.07, 6.45) is -0.138. The van der Waals surface area contributed by atoms with E-state index in [9.17, 15) is 9.18 Å². The third kappa shape index (κ3) is 3.30. The number of ether oxygens (including phenoxy) is 2. The van der Waals surface area contributed by atoms with Crippen LogP contribution in [-0.2, 0) is 14.3 Å². The number of hydrogen-bond donors (Lipinski definition) is 0. The van der Waals surface area contributed by atoms with Crippen molar-refractivity contribution in [2.45, 2.75) is 19.1 Å². The monoisotopic (exact) mass is 267 g/mol. The summed E-state index contributed by atoms with van der Waals surface area (Å²) < 4.78 is 23.3. The summed E-state index contributed by atoms with van der Waals surface area (Å²) in [5.74, 6) is -0.515. The van der Waals surface area contributed by atoms with Crippen molar-refractivity contribution in [3.63, 3.8) is 0 Å². The molecule has 2 atom stereocenters. The van der Waals surface area contributed by atoms with Gasteiger partial charge in [-0.1, -0.05) is 12.1 Å². The maximum Gasteiger partial charge on any atom is 0.322 e. The number of nitrogens with zero attached hydrogens (tertiary/aromatic N) is 1. The van der Waals surface area contributed by atoms with Gasteiger partial charge in [-0.25, -0.2) is 4.39 Å². The van der Waals surface area contributed by atoms with Gasteiger partial charge in [-0.15, -0.1) is 0 Å². The molecule has 5 heteroatoms. The standard InChI is InChI=1S/C14H18FNO3/c1-10(14(17)18-2)16-7-8-19-13(9-16)11-3-5-12(15)6-4-11/h3-6,10,13H,7-9H2,1-2H3/t10-,13+/m1/s1. The van der Waals surface area contributed by atoms with E-state index in [-0.39, 0.29) is 23.9 Å². The number of halogens is 1. The van der Waals surface area contributed by atoms with Crippen LogP contribution in [0.25, 0.3) is 0 Å². The Morgan fingerprint density at radius 1 is 1.47 bits per heavy atom. The Morgan fingerprint density at radius 3 is 2.79 bits per heavy atom. The second kappa shape index (κ2) is 6.12. The molecular formula is C14H18FNO3. The Balaban J connectivity index is 2.04. The minimum absolute atomic E-state index is 0.138. The van der Waals surface area contributed by atoms with E-state index in [1.54, 1.807) is 12.1 Å². The van der Waals surface area contributed by atoms with Gasteiger partial charge in [-0.3, -0.25) is 9.69 Å². The van der Waals surface area contributed by atoms with Crippen LogP contribution in [0.5, 0.6) is 0 Å². The van der Waals surface area contributed by atoms with Crippen molar-refractivity contribution in [2.24, 2.45) is 0 Å². The summed E-state index contributed by atoms with van der Waals surface area (Å²) in [4.78, 5) is 13.6. The van der Waals surface area contributed by atoms with Gasteiger partial charge in [-0.2, -0.15) is 0 Å². The lowest BCUT2D eigenvalue weighted by molar-refractivity contribution is -0.149. The first-order valence-corrected chi connectivity index (χ1v) is 6.30. The first-order chi connectivity index (χ1) is 9.11. The zero-order valence-electron chi connectivity index (χ0n) is 11.1. The quantitative estimate of drug-likeness (QED) is 0.782. The molecule has 4 nitrogen and oxygen atoms in total. The van der Waals surface area contributed by atoms with Gasteiger partial charge in [0, 0.05) is 13.1 Å². The number of benzene rings is 1. The van der Waals surface area contributed by atoms with E-state index in [0.717, 1.165) is 5.56 Å². The molecule has 0 radical (unpaired) electrons.